The van der Waals surface area contributed by atoms with Crippen molar-refractivity contribution in [2.75, 3.05) is 14.7 Å². The summed E-state index contributed by atoms with van der Waals surface area (Å²) in [5.74, 6) is 2.40. The van der Waals surface area contributed by atoms with Gasteiger partial charge in [0.15, 0.2) is 0 Å². The molecule has 0 unspecified atom stereocenters. The second-order valence-corrected chi connectivity index (χ2v) is 26.0. The summed E-state index contributed by atoms with van der Waals surface area (Å²) in [6.45, 7) is 0. The van der Waals surface area contributed by atoms with Crippen molar-refractivity contribution in [1.29, 1.82) is 0 Å². The molecule has 0 bridgehead atoms. The number of fused-ring (bicyclic) bond motifs is 3. The van der Waals surface area contributed by atoms with Gasteiger partial charge in [-0.25, -0.2) is 0 Å². The van der Waals surface area contributed by atoms with E-state index in [1.54, 1.807) is 48.5 Å². The lowest BCUT2D eigenvalue weighted by Gasteiger charge is -2.27. The fraction of sp³-hybridized carbons (Fsp3) is 0. The first-order valence-electron chi connectivity index (χ1n) is 37.9. The van der Waals surface area contributed by atoms with E-state index in [1.807, 2.05) is 249 Å². The van der Waals surface area contributed by atoms with E-state index in [9.17, 15) is 0 Å². The molecule has 0 spiro atoms. The molecule has 18 nitrogen and oxygen atoms in total. The van der Waals surface area contributed by atoms with Crippen molar-refractivity contribution in [2.45, 2.75) is 0 Å². The van der Waals surface area contributed by atoms with Crippen molar-refractivity contribution < 1.29 is 68.9 Å². The summed E-state index contributed by atoms with van der Waals surface area (Å²) in [7, 11) is -1.45. The second-order valence-electron chi connectivity index (χ2n) is 26.0. The van der Waals surface area contributed by atoms with Crippen molar-refractivity contribution in [3.8, 4) is 34.1 Å². The van der Waals surface area contributed by atoms with E-state index in [4.69, 9.17) is 68.9 Å². The minimum absolute atomic E-state index is 0.275. The first kappa shape index (κ1) is 87.0. The van der Waals surface area contributed by atoms with Gasteiger partial charge < -0.3 is 83.6 Å². The molecule has 0 aliphatic rings. The van der Waals surface area contributed by atoms with Crippen LogP contribution in [0.3, 0.4) is 0 Å². The number of rotatable bonds is 21. The Labute approximate surface area is 701 Å². The summed E-state index contributed by atoms with van der Waals surface area (Å²) in [6, 6.07) is 138. The number of para-hydroxylation sites is 4. The molecule has 1 aromatic heterocycles. The Bertz CT molecular complexity index is 5710. The van der Waals surface area contributed by atoms with E-state index in [-0.39, 0.29) is 5.59 Å². The Kier molecular flexibility index (Phi) is 33.9. The quantitative estimate of drug-likeness (QED) is 0.0300. The normalized spacial score (nSPS) is 10.1. The largest absolute Gasteiger partial charge is 0.569 e. The van der Waals surface area contributed by atoms with Crippen LogP contribution in [0.25, 0.3) is 43.4 Å². The highest BCUT2D eigenvalue weighted by Gasteiger charge is 2.19. The van der Waals surface area contributed by atoms with Crippen LogP contribution in [-0.2, 0) is 0 Å². The Morgan fingerprint density at radius 3 is 0.967 bits per heavy atom. The van der Waals surface area contributed by atoms with Gasteiger partial charge in [-0.2, -0.15) is 0 Å². The smallest absolute Gasteiger partial charge is 0.537 e. The highest BCUT2D eigenvalue weighted by atomic mass is 16.5. The van der Waals surface area contributed by atoms with Crippen LogP contribution in [0.15, 0.2) is 431 Å². The van der Waals surface area contributed by atoms with Gasteiger partial charge in [-0.3, -0.25) is 4.98 Å². The van der Waals surface area contributed by atoms with Crippen LogP contribution < -0.4 is 49.8 Å². The van der Waals surface area contributed by atoms with Gasteiger partial charge in [0, 0.05) is 57.1 Å². The summed E-state index contributed by atoms with van der Waals surface area (Å²) in [5, 5.41) is 93.7. The van der Waals surface area contributed by atoms with Crippen LogP contribution in [0.4, 0.5) is 51.2 Å². The van der Waals surface area contributed by atoms with Gasteiger partial charge in [-0.15, -0.1) is 0 Å². The minimum Gasteiger partial charge on any atom is -0.537 e. The van der Waals surface area contributed by atoms with Crippen molar-refractivity contribution in [3.63, 3.8) is 0 Å². The third-order valence-electron chi connectivity index (χ3n) is 18.2. The molecule has 1 heterocycles. The van der Waals surface area contributed by atoms with Gasteiger partial charge in [-0.1, -0.05) is 261 Å². The monoisotopic (exact) mass is 1580 g/mol. The molecule has 0 amide bonds. The maximum absolute atomic E-state index is 9.08. The molecule has 0 saturated carbocycles. The fourth-order valence-electron chi connectivity index (χ4n) is 12.6. The number of hydrogen-bond acceptors (Lipinski definition) is 18. The Morgan fingerprint density at radius 2 is 0.558 bits per heavy atom. The van der Waals surface area contributed by atoms with Crippen LogP contribution in [0.1, 0.15) is 0 Å². The van der Waals surface area contributed by atoms with Gasteiger partial charge in [0.05, 0.1) is 11.3 Å². The molecule has 17 rings (SSSR count). The van der Waals surface area contributed by atoms with E-state index in [2.05, 4.69) is 147 Å². The highest BCUT2D eigenvalue weighted by Crippen LogP contribution is 2.41. The number of benzene rings is 16. The SMILES string of the molecule is OB(O)c1cccc2ccccc12.OB(O)c1ccccc1.OB(O)c1ccccn1.O[B]Oc1ccc(N(c2ccccc2)c2ccc(-c3ccccc3)cc2)cc1.O[B]Oc1ccc(N(c2ccccc2)c2cccc3ccccc23)cc1.O[B]Oc1ccc(N(c2ccccc2)c2ccccc2)cc1.O[B]Oc1ccc2ccccc2c1. The van der Waals surface area contributed by atoms with Crippen molar-refractivity contribution in [2.24, 2.45) is 0 Å². The fourth-order valence-corrected chi connectivity index (χ4v) is 12.6. The van der Waals surface area contributed by atoms with Gasteiger partial charge in [-0.05, 0) is 213 Å². The van der Waals surface area contributed by atoms with Crippen LogP contribution in [0, 0.1) is 0 Å². The molecule has 120 heavy (non-hydrogen) atoms. The van der Waals surface area contributed by atoms with Crippen LogP contribution >= 0.6 is 0 Å². The third-order valence-corrected chi connectivity index (χ3v) is 18.2. The Hall–Kier alpha value is -13.9. The predicted octanol–water partition coefficient (Wildman–Crippen LogP) is 15.4. The number of aromatic nitrogens is 1. The van der Waals surface area contributed by atoms with Crippen LogP contribution in [-0.4, -0.2) is 107 Å². The molecule has 0 fully saturated rings. The molecular formula is C95H81B7N4O14. The zero-order chi connectivity index (χ0) is 83.9. The lowest BCUT2D eigenvalue weighted by Crippen LogP contribution is -2.31. The van der Waals surface area contributed by atoms with E-state index in [0.717, 1.165) is 72.7 Å². The van der Waals surface area contributed by atoms with Crippen LogP contribution in [0.5, 0.6) is 23.0 Å². The topological polar surface area (TPSA) is 262 Å². The molecule has 0 aliphatic carbocycles. The molecule has 16 aromatic carbocycles. The molecule has 17 aromatic rings. The van der Waals surface area contributed by atoms with E-state index in [0.29, 0.717) is 64.7 Å². The molecule has 0 aliphatic heterocycles. The highest BCUT2D eigenvalue weighted by molar-refractivity contribution is 6.62. The van der Waals surface area contributed by atoms with Crippen molar-refractivity contribution in [3.05, 3.63) is 431 Å². The zero-order valence-electron chi connectivity index (χ0n) is 64.9. The predicted molar refractivity (Wildman–Crippen MR) is 489 cm³/mol. The number of pyridine rings is 1. The Morgan fingerprint density at radius 1 is 0.233 bits per heavy atom. The number of anilines is 9. The van der Waals surface area contributed by atoms with Gasteiger partial charge in [0.1, 0.15) is 23.0 Å². The van der Waals surface area contributed by atoms with Gasteiger partial charge in [0.2, 0.25) is 0 Å². The summed E-state index contributed by atoms with van der Waals surface area (Å²) >= 11 is 0. The van der Waals surface area contributed by atoms with E-state index in [1.165, 1.54) is 28.1 Å². The molecule has 25 heteroatoms. The molecular weight excluding hydrogens is 1500 g/mol. The summed E-state index contributed by atoms with van der Waals surface area (Å²) < 4.78 is 19.9. The standard InChI is InChI=1S/C24H19BNO2.C22H17BNO2.C18H15BNO2.C10H9BO2.C10H8BO2.C6H7BO2.C5H6BNO2/c27-25-28-24-17-15-23(16-18-24)26(21-9-5-2-6-10-21)22-13-11-20(12-14-22)19-7-3-1-4-8-19;25-23-26-20-15-13-19(14-16-20)24(18-9-2-1-3-10-18)22-12-6-8-17-7-4-5-11-21(17)22;21-19-22-18-13-11-17(12-14-18)20(15-7-3-1-4-8-15)16-9-5-2-6-10-16;12-11(13)10-7-3-5-8-4-1-2-6-9(8)10;12-11-13-10-6-5-8-3-1-2-4-9(8)7-10;8-7(9)6-4-2-1-3-5-6;8-6(9)5-3-1-2-4-7-5/h1-18,27H;1-16,25H;1-14,21H;1-7,12-13H;1-7,12H;1-5,8-9H;1-4,8-9H. The molecule has 10 N–H and O–H groups in total. The van der Waals surface area contributed by atoms with Crippen molar-refractivity contribution in [1.82, 2.24) is 4.98 Å². The second kappa shape index (κ2) is 46.7. The molecule has 0 saturated heterocycles. The molecule has 4 radical (unpaired) electrons. The lowest BCUT2D eigenvalue weighted by molar-refractivity contribution is 0.423. The zero-order valence-corrected chi connectivity index (χ0v) is 64.9. The van der Waals surface area contributed by atoms with Crippen molar-refractivity contribution >= 4 is 152 Å². The molecule has 0 atom stereocenters. The summed E-state index contributed by atoms with van der Waals surface area (Å²) in [4.78, 5) is 10.2. The molecule has 586 valence electrons. The number of hydrogen-bond donors (Lipinski definition) is 10. The van der Waals surface area contributed by atoms with Gasteiger partial charge in [0.25, 0.3) is 0 Å². The van der Waals surface area contributed by atoms with Crippen LogP contribution in [0.2, 0.25) is 0 Å². The van der Waals surface area contributed by atoms with E-state index < -0.39 is 21.4 Å². The maximum Gasteiger partial charge on any atom is 0.569 e. The third kappa shape index (κ3) is 25.6. The first-order chi connectivity index (χ1) is 58.9. The average molecular weight is 1580 g/mol. The number of nitrogens with zero attached hydrogens (tertiary/aromatic N) is 4. The maximum atomic E-state index is 9.08. The lowest BCUT2D eigenvalue weighted by atomic mass is 9.77. The van der Waals surface area contributed by atoms with E-state index >= 15 is 0 Å². The van der Waals surface area contributed by atoms with Gasteiger partial charge >= 0.3 is 52.1 Å². The average Bonchev–Trinajstić information content (AvgIpc) is 0.762. The Balaban J connectivity index is 0.000000142. The summed E-state index contributed by atoms with van der Waals surface area (Å²) in [6.07, 6.45) is 1.51. The minimum atomic E-state index is -1.45. The summed E-state index contributed by atoms with van der Waals surface area (Å²) in [5.41, 5.74) is 13.2. The first-order valence-corrected chi connectivity index (χ1v) is 37.9.